The zero-order valence-electron chi connectivity index (χ0n) is 8.33. The number of thiophene rings is 1. The minimum atomic E-state index is 0.543. The SMILES string of the molecule is COc1c(CN)sc2ccc(C)cc12. The summed E-state index contributed by atoms with van der Waals surface area (Å²) in [4.78, 5) is 1.12. The maximum atomic E-state index is 5.66. The van der Waals surface area contributed by atoms with Crippen LogP contribution in [-0.2, 0) is 6.54 Å². The molecule has 0 bridgehead atoms. The number of nitrogens with two attached hydrogens (primary N) is 1. The zero-order chi connectivity index (χ0) is 10.1. The lowest BCUT2D eigenvalue weighted by Crippen LogP contribution is -1.95. The third-order valence-corrected chi connectivity index (χ3v) is 3.43. The van der Waals surface area contributed by atoms with Crippen molar-refractivity contribution < 1.29 is 4.74 Å². The van der Waals surface area contributed by atoms with E-state index >= 15 is 0 Å². The highest BCUT2D eigenvalue weighted by Gasteiger charge is 2.10. The van der Waals surface area contributed by atoms with E-state index in [-0.39, 0.29) is 0 Å². The molecule has 0 aliphatic heterocycles. The molecule has 0 amide bonds. The Morgan fingerprint density at radius 2 is 2.21 bits per heavy atom. The number of rotatable bonds is 2. The zero-order valence-corrected chi connectivity index (χ0v) is 9.15. The number of hydrogen-bond acceptors (Lipinski definition) is 3. The van der Waals surface area contributed by atoms with Gasteiger partial charge >= 0.3 is 0 Å². The van der Waals surface area contributed by atoms with Crippen LogP contribution in [0.25, 0.3) is 10.1 Å². The molecule has 1 aromatic carbocycles. The molecule has 1 aromatic heterocycles. The molecule has 2 rings (SSSR count). The predicted octanol–water partition coefficient (Wildman–Crippen LogP) is 2.68. The second-order valence-electron chi connectivity index (χ2n) is 3.26. The summed E-state index contributed by atoms with van der Waals surface area (Å²) in [6.07, 6.45) is 0. The first-order valence-corrected chi connectivity index (χ1v) is 5.34. The summed E-state index contributed by atoms with van der Waals surface area (Å²) in [6.45, 7) is 2.63. The molecule has 0 radical (unpaired) electrons. The minimum Gasteiger partial charge on any atom is -0.495 e. The number of benzene rings is 1. The van der Waals surface area contributed by atoms with Crippen LogP contribution in [0, 0.1) is 6.92 Å². The van der Waals surface area contributed by atoms with Crippen LogP contribution < -0.4 is 10.5 Å². The average molecular weight is 207 g/mol. The van der Waals surface area contributed by atoms with E-state index in [1.165, 1.54) is 15.6 Å². The van der Waals surface area contributed by atoms with E-state index < -0.39 is 0 Å². The van der Waals surface area contributed by atoms with Gasteiger partial charge in [-0.15, -0.1) is 11.3 Å². The molecular formula is C11H13NOS. The number of fused-ring (bicyclic) bond motifs is 1. The van der Waals surface area contributed by atoms with Crippen molar-refractivity contribution in [3.8, 4) is 5.75 Å². The van der Waals surface area contributed by atoms with Crippen molar-refractivity contribution in [3.05, 3.63) is 28.6 Å². The maximum Gasteiger partial charge on any atom is 0.141 e. The van der Waals surface area contributed by atoms with Crippen molar-refractivity contribution >= 4 is 21.4 Å². The van der Waals surface area contributed by atoms with Crippen molar-refractivity contribution in [2.24, 2.45) is 5.73 Å². The Balaban J connectivity index is 2.74. The maximum absolute atomic E-state index is 5.66. The van der Waals surface area contributed by atoms with Gasteiger partial charge in [-0.25, -0.2) is 0 Å². The fourth-order valence-corrected chi connectivity index (χ4v) is 2.63. The predicted molar refractivity (Wildman–Crippen MR) is 61.0 cm³/mol. The van der Waals surface area contributed by atoms with Crippen LogP contribution in [0.5, 0.6) is 5.75 Å². The fourth-order valence-electron chi connectivity index (χ4n) is 1.60. The van der Waals surface area contributed by atoms with Gasteiger partial charge in [0, 0.05) is 16.6 Å². The molecule has 0 saturated carbocycles. The van der Waals surface area contributed by atoms with E-state index in [4.69, 9.17) is 10.5 Å². The van der Waals surface area contributed by atoms with Crippen molar-refractivity contribution in [1.29, 1.82) is 0 Å². The molecule has 74 valence electrons. The lowest BCUT2D eigenvalue weighted by atomic mass is 10.2. The molecule has 0 atom stereocenters. The molecule has 0 aliphatic rings. The Morgan fingerprint density at radius 3 is 2.86 bits per heavy atom. The van der Waals surface area contributed by atoms with Gasteiger partial charge in [0.2, 0.25) is 0 Å². The summed E-state index contributed by atoms with van der Waals surface area (Å²) in [5.41, 5.74) is 6.91. The monoisotopic (exact) mass is 207 g/mol. The highest BCUT2D eigenvalue weighted by atomic mass is 32.1. The van der Waals surface area contributed by atoms with Crippen LogP contribution in [0.2, 0.25) is 0 Å². The number of ether oxygens (including phenoxy) is 1. The number of aryl methyl sites for hydroxylation is 1. The van der Waals surface area contributed by atoms with Crippen LogP contribution in [0.4, 0.5) is 0 Å². The minimum absolute atomic E-state index is 0.543. The fraction of sp³-hybridized carbons (Fsp3) is 0.273. The topological polar surface area (TPSA) is 35.2 Å². The first-order chi connectivity index (χ1) is 6.76. The molecule has 2 nitrogen and oxygen atoms in total. The molecule has 0 aliphatic carbocycles. The van der Waals surface area contributed by atoms with Gasteiger partial charge in [0.25, 0.3) is 0 Å². The molecular weight excluding hydrogens is 194 g/mol. The molecule has 3 heteroatoms. The Kier molecular flexibility index (Phi) is 2.44. The molecule has 14 heavy (non-hydrogen) atoms. The van der Waals surface area contributed by atoms with Gasteiger partial charge < -0.3 is 10.5 Å². The summed E-state index contributed by atoms with van der Waals surface area (Å²) >= 11 is 1.71. The molecule has 2 N–H and O–H groups in total. The van der Waals surface area contributed by atoms with E-state index in [0.717, 1.165) is 10.6 Å². The van der Waals surface area contributed by atoms with E-state index in [9.17, 15) is 0 Å². The summed E-state index contributed by atoms with van der Waals surface area (Å²) in [7, 11) is 1.70. The first-order valence-electron chi connectivity index (χ1n) is 4.52. The lowest BCUT2D eigenvalue weighted by Gasteiger charge is -2.00. The third-order valence-electron chi connectivity index (χ3n) is 2.26. The van der Waals surface area contributed by atoms with Gasteiger partial charge in [0.15, 0.2) is 0 Å². The Labute approximate surface area is 87.3 Å². The van der Waals surface area contributed by atoms with Crippen molar-refractivity contribution in [3.63, 3.8) is 0 Å². The molecule has 0 spiro atoms. The van der Waals surface area contributed by atoms with Crippen molar-refractivity contribution in [1.82, 2.24) is 0 Å². The van der Waals surface area contributed by atoms with Crippen LogP contribution >= 0.6 is 11.3 Å². The van der Waals surface area contributed by atoms with Crippen molar-refractivity contribution in [2.45, 2.75) is 13.5 Å². The summed E-state index contributed by atoms with van der Waals surface area (Å²) in [6, 6.07) is 6.37. The molecule has 0 unspecified atom stereocenters. The number of hydrogen-bond donors (Lipinski definition) is 1. The first kappa shape index (κ1) is 9.49. The lowest BCUT2D eigenvalue weighted by molar-refractivity contribution is 0.417. The van der Waals surface area contributed by atoms with Gasteiger partial charge in [0.05, 0.1) is 12.0 Å². The highest BCUT2D eigenvalue weighted by Crippen LogP contribution is 2.37. The highest BCUT2D eigenvalue weighted by molar-refractivity contribution is 7.19. The summed E-state index contributed by atoms with van der Waals surface area (Å²) < 4.78 is 6.62. The number of methoxy groups -OCH3 is 1. The second-order valence-corrected chi connectivity index (χ2v) is 4.40. The molecule has 2 aromatic rings. The van der Waals surface area contributed by atoms with Gasteiger partial charge in [-0.05, 0) is 19.1 Å². The van der Waals surface area contributed by atoms with Gasteiger partial charge in [-0.2, -0.15) is 0 Å². The summed E-state index contributed by atoms with van der Waals surface area (Å²) in [5, 5.41) is 1.18. The Bertz CT molecular complexity index is 462. The summed E-state index contributed by atoms with van der Waals surface area (Å²) in [5.74, 6) is 0.941. The smallest absolute Gasteiger partial charge is 0.141 e. The van der Waals surface area contributed by atoms with Crippen LogP contribution in [0.1, 0.15) is 10.4 Å². The van der Waals surface area contributed by atoms with Crippen molar-refractivity contribution in [2.75, 3.05) is 7.11 Å². The van der Waals surface area contributed by atoms with Crippen LogP contribution in [0.3, 0.4) is 0 Å². The Morgan fingerprint density at radius 1 is 1.43 bits per heavy atom. The Hall–Kier alpha value is -1.06. The van der Waals surface area contributed by atoms with E-state index in [1.54, 1.807) is 18.4 Å². The average Bonchev–Trinajstić information content (AvgIpc) is 2.54. The third kappa shape index (κ3) is 1.38. The molecule has 1 heterocycles. The van der Waals surface area contributed by atoms with Gasteiger partial charge in [0.1, 0.15) is 5.75 Å². The van der Waals surface area contributed by atoms with Crippen LogP contribution in [0.15, 0.2) is 18.2 Å². The van der Waals surface area contributed by atoms with Gasteiger partial charge in [-0.3, -0.25) is 0 Å². The van der Waals surface area contributed by atoms with Crippen LogP contribution in [-0.4, -0.2) is 7.11 Å². The van der Waals surface area contributed by atoms with E-state index in [2.05, 4.69) is 25.1 Å². The second kappa shape index (κ2) is 3.59. The standard InChI is InChI=1S/C11H13NOS/c1-7-3-4-9-8(5-7)11(13-2)10(6-12)14-9/h3-5H,6,12H2,1-2H3. The van der Waals surface area contributed by atoms with E-state index in [0.29, 0.717) is 6.54 Å². The quantitative estimate of drug-likeness (QED) is 0.821. The van der Waals surface area contributed by atoms with E-state index in [1.807, 2.05) is 0 Å². The van der Waals surface area contributed by atoms with Gasteiger partial charge in [-0.1, -0.05) is 11.6 Å². The normalized spacial score (nSPS) is 10.8. The molecule has 0 saturated heterocycles. The molecule has 0 fully saturated rings. The largest absolute Gasteiger partial charge is 0.495 e.